The van der Waals surface area contributed by atoms with Gasteiger partial charge in [0.05, 0.1) is 5.02 Å². The van der Waals surface area contributed by atoms with Crippen molar-refractivity contribution in [3.05, 3.63) is 58.4 Å². The average Bonchev–Trinajstić information content (AvgIpc) is 2.70. The van der Waals surface area contributed by atoms with E-state index in [-0.39, 0.29) is 23.9 Å². The number of ether oxygens (including phenoxy) is 2. The molecule has 0 aromatic heterocycles. The number of nitrogens with one attached hydrogen (secondary N) is 2. The van der Waals surface area contributed by atoms with Gasteiger partial charge in [0.2, 0.25) is 5.91 Å². The summed E-state index contributed by atoms with van der Waals surface area (Å²) in [6.45, 7) is 4.74. The van der Waals surface area contributed by atoms with Gasteiger partial charge < -0.3 is 20.1 Å². The van der Waals surface area contributed by atoms with E-state index in [0.717, 1.165) is 5.56 Å². The Bertz CT molecular complexity index is 902. The van der Waals surface area contributed by atoms with Crippen LogP contribution >= 0.6 is 11.6 Å². The highest BCUT2D eigenvalue weighted by molar-refractivity contribution is 6.32. The van der Waals surface area contributed by atoms with Gasteiger partial charge in [-0.3, -0.25) is 9.59 Å². The molecule has 2 aromatic carbocycles. The second-order valence-electron chi connectivity index (χ2n) is 7.02. The van der Waals surface area contributed by atoms with E-state index >= 15 is 0 Å². The summed E-state index contributed by atoms with van der Waals surface area (Å²) in [7, 11) is 0. The molecule has 0 spiro atoms. The maximum Gasteiger partial charge on any atom is 0.251 e. The minimum atomic E-state index is -0.750. The van der Waals surface area contributed by atoms with Crippen LogP contribution in [0.4, 0.5) is 4.39 Å². The molecule has 0 radical (unpaired) electrons. The van der Waals surface area contributed by atoms with Crippen molar-refractivity contribution in [2.45, 2.75) is 26.4 Å². The Morgan fingerprint density at radius 2 is 1.83 bits per heavy atom. The minimum Gasteiger partial charge on any atom is -0.486 e. The molecule has 0 saturated carbocycles. The predicted molar refractivity (Wildman–Crippen MR) is 107 cm³/mol. The summed E-state index contributed by atoms with van der Waals surface area (Å²) >= 11 is 6.22. The fourth-order valence-corrected chi connectivity index (χ4v) is 3.21. The molecule has 154 valence electrons. The highest BCUT2D eigenvalue weighted by Gasteiger charge is 2.25. The first kappa shape index (κ1) is 20.9. The number of carbonyl (C=O) groups is 2. The van der Waals surface area contributed by atoms with Crippen LogP contribution in [0.1, 0.15) is 29.8 Å². The molecule has 2 amide bonds. The molecule has 1 atom stereocenters. The molecule has 1 heterocycles. The molecule has 0 aliphatic carbocycles. The molecule has 29 heavy (non-hydrogen) atoms. The van der Waals surface area contributed by atoms with E-state index in [1.165, 1.54) is 24.3 Å². The normalized spacial score (nSPS) is 13.7. The van der Waals surface area contributed by atoms with Crippen LogP contribution in [0.2, 0.25) is 5.02 Å². The van der Waals surface area contributed by atoms with E-state index in [0.29, 0.717) is 29.7 Å². The Kier molecular flexibility index (Phi) is 6.59. The lowest BCUT2D eigenvalue weighted by atomic mass is 10.0. The van der Waals surface area contributed by atoms with E-state index in [2.05, 4.69) is 10.6 Å². The fourth-order valence-electron chi connectivity index (χ4n) is 2.93. The first-order chi connectivity index (χ1) is 13.8. The number of fused-ring (bicyclic) bond motifs is 1. The van der Waals surface area contributed by atoms with Crippen molar-refractivity contribution in [3.63, 3.8) is 0 Å². The molecule has 3 rings (SSSR count). The smallest absolute Gasteiger partial charge is 0.251 e. The van der Waals surface area contributed by atoms with Gasteiger partial charge in [0.1, 0.15) is 25.1 Å². The molecular formula is C21H22ClFN2O4. The quantitative estimate of drug-likeness (QED) is 0.751. The molecule has 2 N–H and O–H groups in total. The summed E-state index contributed by atoms with van der Waals surface area (Å²) < 4.78 is 24.1. The summed E-state index contributed by atoms with van der Waals surface area (Å²) in [6.07, 6.45) is 0. The zero-order valence-corrected chi connectivity index (χ0v) is 16.9. The second-order valence-corrected chi connectivity index (χ2v) is 7.43. The third kappa shape index (κ3) is 5.17. The molecule has 0 saturated heterocycles. The highest BCUT2D eigenvalue weighted by atomic mass is 35.5. The molecule has 0 bridgehead atoms. The van der Waals surface area contributed by atoms with Gasteiger partial charge in [0.25, 0.3) is 5.91 Å². The van der Waals surface area contributed by atoms with E-state index in [1.54, 1.807) is 12.1 Å². The van der Waals surface area contributed by atoms with Gasteiger partial charge in [-0.1, -0.05) is 25.4 Å². The number of hydrogen-bond donors (Lipinski definition) is 2. The van der Waals surface area contributed by atoms with Crippen molar-refractivity contribution in [1.82, 2.24) is 10.6 Å². The Hall–Kier alpha value is -2.80. The number of hydrogen-bond acceptors (Lipinski definition) is 4. The SMILES string of the molecule is CC(C)C(NC(=O)c1ccc(F)cc1)C(=O)NCc1cc(Cl)c2c(c1)OCCO2. The standard InChI is InChI=1S/C21H22ClFN2O4/c1-12(2)18(25-20(26)14-3-5-15(23)6-4-14)21(27)24-11-13-9-16(22)19-17(10-13)28-7-8-29-19/h3-6,9-10,12,18H,7-8,11H2,1-2H3,(H,24,27)(H,25,26). The van der Waals surface area contributed by atoms with E-state index in [1.807, 2.05) is 13.8 Å². The first-order valence-electron chi connectivity index (χ1n) is 9.27. The zero-order chi connectivity index (χ0) is 21.0. The summed E-state index contributed by atoms with van der Waals surface area (Å²) in [5.74, 6) is -0.318. The third-order valence-electron chi connectivity index (χ3n) is 4.47. The topological polar surface area (TPSA) is 76.7 Å². The fraction of sp³-hybridized carbons (Fsp3) is 0.333. The van der Waals surface area contributed by atoms with Crippen LogP contribution < -0.4 is 20.1 Å². The second kappa shape index (κ2) is 9.13. The average molecular weight is 421 g/mol. The zero-order valence-electron chi connectivity index (χ0n) is 16.1. The van der Waals surface area contributed by atoms with Crippen LogP contribution in [0.25, 0.3) is 0 Å². The number of benzene rings is 2. The molecule has 1 unspecified atom stereocenters. The van der Waals surface area contributed by atoms with Gasteiger partial charge in [0.15, 0.2) is 11.5 Å². The van der Waals surface area contributed by atoms with E-state index < -0.39 is 17.8 Å². The summed E-state index contributed by atoms with van der Waals surface area (Å²) in [4.78, 5) is 25.1. The maximum absolute atomic E-state index is 13.0. The number of halogens is 2. The maximum atomic E-state index is 13.0. The summed E-state index contributed by atoms with van der Waals surface area (Å²) in [5.41, 5.74) is 1.03. The lowest BCUT2D eigenvalue weighted by molar-refractivity contribution is -0.124. The number of carbonyl (C=O) groups excluding carboxylic acids is 2. The van der Waals surface area contributed by atoms with Crippen molar-refractivity contribution < 1.29 is 23.5 Å². The van der Waals surface area contributed by atoms with Crippen molar-refractivity contribution in [2.75, 3.05) is 13.2 Å². The van der Waals surface area contributed by atoms with Crippen LogP contribution in [-0.4, -0.2) is 31.1 Å². The van der Waals surface area contributed by atoms with Crippen molar-refractivity contribution >= 4 is 23.4 Å². The van der Waals surface area contributed by atoms with Gasteiger partial charge in [-0.15, -0.1) is 0 Å². The van der Waals surface area contributed by atoms with Crippen molar-refractivity contribution in [1.29, 1.82) is 0 Å². The van der Waals surface area contributed by atoms with E-state index in [9.17, 15) is 14.0 Å². The minimum absolute atomic E-state index is 0.150. The number of rotatable bonds is 6. The monoisotopic (exact) mass is 420 g/mol. The van der Waals surface area contributed by atoms with Crippen LogP contribution in [0.15, 0.2) is 36.4 Å². The highest BCUT2D eigenvalue weighted by Crippen LogP contribution is 2.38. The molecule has 6 nitrogen and oxygen atoms in total. The molecule has 0 fully saturated rings. The molecular weight excluding hydrogens is 399 g/mol. The van der Waals surface area contributed by atoms with Crippen LogP contribution in [0, 0.1) is 11.7 Å². The van der Waals surface area contributed by atoms with E-state index in [4.69, 9.17) is 21.1 Å². The molecule has 2 aromatic rings. The van der Waals surface area contributed by atoms with Gasteiger partial charge in [-0.25, -0.2) is 4.39 Å². The van der Waals surface area contributed by atoms with Gasteiger partial charge in [0, 0.05) is 12.1 Å². The number of amides is 2. The Morgan fingerprint density at radius 3 is 2.52 bits per heavy atom. The van der Waals surface area contributed by atoms with Gasteiger partial charge >= 0.3 is 0 Å². The van der Waals surface area contributed by atoms with Crippen molar-refractivity contribution in [3.8, 4) is 11.5 Å². The molecule has 8 heteroatoms. The summed E-state index contributed by atoms with van der Waals surface area (Å²) in [6, 6.07) is 7.86. The molecule has 1 aliphatic heterocycles. The Morgan fingerprint density at radius 1 is 1.14 bits per heavy atom. The van der Waals surface area contributed by atoms with Crippen LogP contribution in [-0.2, 0) is 11.3 Å². The third-order valence-corrected chi connectivity index (χ3v) is 4.75. The molecule has 1 aliphatic rings. The lowest BCUT2D eigenvalue weighted by Crippen LogP contribution is -2.49. The largest absolute Gasteiger partial charge is 0.486 e. The Labute approximate surface area is 173 Å². The van der Waals surface area contributed by atoms with Crippen molar-refractivity contribution in [2.24, 2.45) is 5.92 Å². The summed E-state index contributed by atoms with van der Waals surface area (Å²) in [5, 5.41) is 5.93. The van der Waals surface area contributed by atoms with Crippen LogP contribution in [0.5, 0.6) is 11.5 Å². The predicted octanol–water partition coefficient (Wildman–Crippen LogP) is 3.32. The van der Waals surface area contributed by atoms with Gasteiger partial charge in [-0.05, 0) is 47.9 Å². The Balaban J connectivity index is 1.65. The van der Waals surface area contributed by atoms with Gasteiger partial charge in [-0.2, -0.15) is 0 Å². The first-order valence-corrected chi connectivity index (χ1v) is 9.65. The van der Waals surface area contributed by atoms with Crippen LogP contribution in [0.3, 0.4) is 0 Å². The lowest BCUT2D eigenvalue weighted by Gasteiger charge is -2.23.